The van der Waals surface area contributed by atoms with E-state index >= 15 is 0 Å². The first kappa shape index (κ1) is 24.8. The van der Waals surface area contributed by atoms with Crippen LogP contribution in [-0.4, -0.2) is 5.25 Å². The third-order valence-electron chi connectivity index (χ3n) is 10.6. The number of hydrogen-bond donors (Lipinski definition) is 0. The summed E-state index contributed by atoms with van der Waals surface area (Å²) < 4.78 is 0. The van der Waals surface area contributed by atoms with Crippen molar-refractivity contribution < 1.29 is 0 Å². The molecule has 0 amide bonds. The van der Waals surface area contributed by atoms with Gasteiger partial charge in [-0.2, -0.15) is 0 Å². The molecule has 10 rings (SSSR count). The molecule has 7 aromatic rings. The summed E-state index contributed by atoms with van der Waals surface area (Å²) in [5.41, 5.74) is 12.5. The Morgan fingerprint density at radius 1 is 0.568 bits per heavy atom. The van der Waals surface area contributed by atoms with Crippen molar-refractivity contribution in [2.45, 2.75) is 35.3 Å². The lowest BCUT2D eigenvalue weighted by Gasteiger charge is -2.22. The van der Waals surface area contributed by atoms with Crippen molar-refractivity contribution in [1.29, 1.82) is 0 Å². The second-order valence-electron chi connectivity index (χ2n) is 13.2. The molecular weight excluding hydrogens is 549 g/mol. The fourth-order valence-electron chi connectivity index (χ4n) is 8.48. The first-order valence-electron chi connectivity index (χ1n) is 15.7. The standard InChI is InChI=1S/C43H30S/c1-43(2)35-21-16-28(24-34(35)41-36(43)22-23-38-42(41)33-10-6-7-11-37(33)44-38)30-18-13-27-14-19-31-29(25-8-4-3-5-9-25)17-12-26-15-20-32(30)40(27)39(26)31/h3-24,33,37H,1-2H3. The molecule has 3 aliphatic rings. The minimum absolute atomic E-state index is 0.0221. The predicted molar refractivity (Wildman–Crippen MR) is 189 cm³/mol. The fraction of sp³-hybridized carbons (Fsp3) is 0.116. The van der Waals surface area contributed by atoms with E-state index in [1.165, 1.54) is 87.3 Å². The van der Waals surface area contributed by atoms with Gasteiger partial charge in [-0.05, 0) is 94.5 Å². The highest BCUT2D eigenvalue weighted by atomic mass is 32.2. The van der Waals surface area contributed by atoms with Crippen molar-refractivity contribution in [1.82, 2.24) is 0 Å². The number of fused-ring (bicyclic) bond motifs is 7. The molecule has 1 aliphatic heterocycles. The molecule has 1 heteroatoms. The quantitative estimate of drug-likeness (QED) is 0.184. The van der Waals surface area contributed by atoms with Crippen LogP contribution in [0.1, 0.15) is 36.5 Å². The Balaban J connectivity index is 1.21. The Morgan fingerprint density at radius 3 is 1.98 bits per heavy atom. The monoisotopic (exact) mass is 578 g/mol. The average Bonchev–Trinajstić information content (AvgIpc) is 3.55. The van der Waals surface area contributed by atoms with Gasteiger partial charge in [0.25, 0.3) is 0 Å². The number of benzene rings is 7. The van der Waals surface area contributed by atoms with Crippen molar-refractivity contribution in [3.05, 3.63) is 150 Å². The van der Waals surface area contributed by atoms with Crippen LogP contribution in [0.5, 0.6) is 0 Å². The van der Waals surface area contributed by atoms with E-state index in [9.17, 15) is 0 Å². The molecule has 0 nitrogen and oxygen atoms in total. The van der Waals surface area contributed by atoms with Crippen molar-refractivity contribution in [2.24, 2.45) is 0 Å². The number of thioether (sulfide) groups is 1. The summed E-state index contributed by atoms with van der Waals surface area (Å²) in [5, 5.41) is 8.50. The molecular formula is C43H30S. The highest BCUT2D eigenvalue weighted by molar-refractivity contribution is 8.00. The predicted octanol–water partition coefficient (Wildman–Crippen LogP) is 11.9. The molecule has 2 atom stereocenters. The maximum atomic E-state index is 2.51. The van der Waals surface area contributed by atoms with Crippen LogP contribution in [0.4, 0.5) is 0 Å². The fourth-order valence-corrected chi connectivity index (χ4v) is 9.83. The summed E-state index contributed by atoms with van der Waals surface area (Å²) in [4.78, 5) is 1.45. The van der Waals surface area contributed by atoms with Gasteiger partial charge in [-0.15, -0.1) is 11.8 Å². The Bertz CT molecular complexity index is 2390. The molecule has 0 fully saturated rings. The normalized spacial score (nSPS) is 19.0. The van der Waals surface area contributed by atoms with Gasteiger partial charge in [0.15, 0.2) is 0 Å². The summed E-state index contributed by atoms with van der Waals surface area (Å²) in [6.45, 7) is 4.81. The van der Waals surface area contributed by atoms with Gasteiger partial charge < -0.3 is 0 Å². The lowest BCUT2D eigenvalue weighted by Crippen LogP contribution is -2.15. The van der Waals surface area contributed by atoms with E-state index in [4.69, 9.17) is 0 Å². The number of rotatable bonds is 2. The molecule has 1 heterocycles. The van der Waals surface area contributed by atoms with E-state index in [2.05, 4.69) is 147 Å². The Morgan fingerprint density at radius 2 is 1.23 bits per heavy atom. The van der Waals surface area contributed by atoms with Crippen LogP contribution in [-0.2, 0) is 5.41 Å². The number of hydrogen-bond acceptors (Lipinski definition) is 1. The molecule has 0 saturated carbocycles. The van der Waals surface area contributed by atoms with E-state index in [1.54, 1.807) is 0 Å². The average molecular weight is 579 g/mol. The summed E-state index contributed by atoms with van der Waals surface area (Å²) in [7, 11) is 0. The lowest BCUT2D eigenvalue weighted by atomic mass is 9.81. The molecule has 0 bridgehead atoms. The van der Waals surface area contributed by atoms with Crippen LogP contribution in [0, 0.1) is 0 Å². The van der Waals surface area contributed by atoms with Crippen LogP contribution in [0.2, 0.25) is 0 Å². The molecule has 0 saturated heterocycles. The largest absolute Gasteiger partial charge is 0.117 e. The number of allylic oxidation sites excluding steroid dienone is 3. The van der Waals surface area contributed by atoms with Crippen molar-refractivity contribution in [3.8, 4) is 33.4 Å². The highest BCUT2D eigenvalue weighted by Crippen LogP contribution is 2.59. The van der Waals surface area contributed by atoms with Crippen molar-refractivity contribution >= 4 is 44.1 Å². The molecule has 2 unspecified atom stereocenters. The van der Waals surface area contributed by atoms with Gasteiger partial charge in [0.1, 0.15) is 0 Å². The van der Waals surface area contributed by atoms with Gasteiger partial charge in [-0.25, -0.2) is 0 Å². The van der Waals surface area contributed by atoms with E-state index in [1.807, 2.05) is 11.8 Å². The first-order chi connectivity index (χ1) is 21.6. The van der Waals surface area contributed by atoms with E-state index in [-0.39, 0.29) is 5.41 Å². The smallest absolute Gasteiger partial charge is 0.0381 e. The molecule has 0 radical (unpaired) electrons. The van der Waals surface area contributed by atoms with Crippen LogP contribution in [0.3, 0.4) is 0 Å². The molecule has 0 aromatic heterocycles. The second-order valence-corrected chi connectivity index (χ2v) is 14.4. The first-order valence-corrected chi connectivity index (χ1v) is 16.6. The SMILES string of the molecule is CC1(C)c2ccc(-c3ccc4ccc5c(-c6ccccc6)ccc6ccc3c4c65)cc2-c2c1ccc1c2C2C=CC=CC2S1. The van der Waals surface area contributed by atoms with Crippen molar-refractivity contribution in [3.63, 3.8) is 0 Å². The van der Waals surface area contributed by atoms with Gasteiger partial charge in [0.2, 0.25) is 0 Å². The summed E-state index contributed by atoms with van der Waals surface area (Å²) in [5.74, 6) is 0.439. The van der Waals surface area contributed by atoms with Gasteiger partial charge in [-0.3, -0.25) is 0 Å². The Labute approximate surface area is 262 Å². The van der Waals surface area contributed by atoms with E-state index < -0.39 is 0 Å². The third-order valence-corrected chi connectivity index (χ3v) is 11.9. The minimum atomic E-state index is -0.0221. The van der Waals surface area contributed by atoms with Gasteiger partial charge in [0.05, 0.1) is 0 Å². The molecule has 208 valence electrons. The van der Waals surface area contributed by atoms with E-state index in [0.717, 1.165) is 0 Å². The van der Waals surface area contributed by atoms with Gasteiger partial charge in [0, 0.05) is 21.5 Å². The van der Waals surface area contributed by atoms with Crippen LogP contribution in [0.25, 0.3) is 65.7 Å². The van der Waals surface area contributed by atoms with Crippen LogP contribution >= 0.6 is 11.8 Å². The van der Waals surface area contributed by atoms with Gasteiger partial charge in [-0.1, -0.05) is 135 Å². The Kier molecular flexibility index (Phi) is 4.93. The van der Waals surface area contributed by atoms with E-state index in [0.29, 0.717) is 11.2 Å². The maximum absolute atomic E-state index is 2.51. The van der Waals surface area contributed by atoms with Gasteiger partial charge >= 0.3 is 0 Å². The zero-order valence-corrected chi connectivity index (χ0v) is 25.6. The van der Waals surface area contributed by atoms with Crippen LogP contribution in [0.15, 0.2) is 138 Å². The molecule has 2 aliphatic carbocycles. The summed E-state index contributed by atoms with van der Waals surface area (Å²) >= 11 is 2.03. The maximum Gasteiger partial charge on any atom is 0.0381 e. The minimum Gasteiger partial charge on any atom is -0.117 e. The second kappa shape index (κ2) is 8.74. The van der Waals surface area contributed by atoms with Crippen molar-refractivity contribution in [2.75, 3.05) is 0 Å². The molecule has 0 N–H and O–H groups in total. The lowest BCUT2D eigenvalue weighted by molar-refractivity contribution is 0.659. The topological polar surface area (TPSA) is 0 Å². The highest BCUT2D eigenvalue weighted by Gasteiger charge is 2.42. The summed E-state index contributed by atoms with van der Waals surface area (Å²) in [6, 6.07) is 41.5. The third kappa shape index (κ3) is 3.20. The van der Waals surface area contributed by atoms with Crippen LogP contribution < -0.4 is 0 Å². The zero-order chi connectivity index (χ0) is 29.2. The zero-order valence-electron chi connectivity index (χ0n) is 24.8. The molecule has 44 heavy (non-hydrogen) atoms. The molecule has 7 aromatic carbocycles. The Hall–Kier alpha value is -4.59. The molecule has 0 spiro atoms. The summed E-state index contributed by atoms with van der Waals surface area (Å²) in [6.07, 6.45) is 9.25.